The molecule has 0 aliphatic heterocycles. The molecule has 0 saturated carbocycles. The van der Waals surface area contributed by atoms with E-state index in [2.05, 4.69) is 4.74 Å². The van der Waals surface area contributed by atoms with Crippen LogP contribution in [0.25, 0.3) is 0 Å². The van der Waals surface area contributed by atoms with Gasteiger partial charge >= 0.3 is 12.1 Å². The van der Waals surface area contributed by atoms with Crippen LogP contribution in [0.15, 0.2) is 29.2 Å². The minimum Gasteiger partial charge on any atom is -0.466 e. The van der Waals surface area contributed by atoms with E-state index in [4.69, 9.17) is 0 Å². The molecular formula is C12H13F3O4S. The summed E-state index contributed by atoms with van der Waals surface area (Å²) in [6, 6.07) is 3.88. The molecular weight excluding hydrogens is 297 g/mol. The van der Waals surface area contributed by atoms with Crippen LogP contribution in [0.1, 0.15) is 18.9 Å². The molecule has 0 spiro atoms. The fraction of sp³-hybridized carbons (Fsp3) is 0.417. The van der Waals surface area contributed by atoms with E-state index in [1.165, 1.54) is 6.07 Å². The third kappa shape index (κ3) is 4.22. The number of alkyl halides is 3. The predicted octanol–water partition coefficient (Wildman–Crippen LogP) is 2.43. The standard InChI is InChI=1S/C12H13F3O4S/c1-2-19-11(16)7-8-20(17,18)10-6-4-3-5-9(10)12(13,14)15/h3-6H,2,7-8H2,1H3. The second kappa shape index (κ2) is 6.25. The van der Waals surface area contributed by atoms with Crippen molar-refractivity contribution in [2.24, 2.45) is 0 Å². The second-order valence-corrected chi connectivity index (χ2v) is 5.95. The lowest BCUT2D eigenvalue weighted by atomic mass is 10.2. The number of halogens is 3. The van der Waals surface area contributed by atoms with Crippen LogP contribution in [-0.4, -0.2) is 26.7 Å². The zero-order valence-corrected chi connectivity index (χ0v) is 11.4. The number of carbonyl (C=O) groups excluding carboxylic acids is 1. The highest BCUT2D eigenvalue weighted by Crippen LogP contribution is 2.34. The van der Waals surface area contributed by atoms with Gasteiger partial charge in [0.15, 0.2) is 9.84 Å². The lowest BCUT2D eigenvalue weighted by Crippen LogP contribution is -2.18. The molecule has 0 heterocycles. The largest absolute Gasteiger partial charge is 0.466 e. The molecule has 0 unspecified atom stereocenters. The topological polar surface area (TPSA) is 60.4 Å². The van der Waals surface area contributed by atoms with Gasteiger partial charge in [0, 0.05) is 0 Å². The van der Waals surface area contributed by atoms with Crippen molar-refractivity contribution < 1.29 is 31.1 Å². The summed E-state index contributed by atoms with van der Waals surface area (Å²) in [5, 5.41) is 0. The van der Waals surface area contributed by atoms with E-state index in [-0.39, 0.29) is 6.61 Å². The Hall–Kier alpha value is -1.57. The number of rotatable bonds is 5. The smallest absolute Gasteiger partial charge is 0.417 e. The zero-order valence-electron chi connectivity index (χ0n) is 10.6. The van der Waals surface area contributed by atoms with Gasteiger partial charge < -0.3 is 4.74 Å². The van der Waals surface area contributed by atoms with E-state index in [0.29, 0.717) is 6.07 Å². The third-order valence-electron chi connectivity index (χ3n) is 2.41. The van der Waals surface area contributed by atoms with Crippen molar-refractivity contribution in [3.05, 3.63) is 29.8 Å². The first kappa shape index (κ1) is 16.5. The maximum Gasteiger partial charge on any atom is 0.417 e. The van der Waals surface area contributed by atoms with Crippen LogP contribution in [0.2, 0.25) is 0 Å². The lowest BCUT2D eigenvalue weighted by molar-refractivity contribution is -0.142. The number of ether oxygens (including phenoxy) is 1. The number of hydrogen-bond donors (Lipinski definition) is 0. The molecule has 112 valence electrons. The molecule has 4 nitrogen and oxygen atoms in total. The summed E-state index contributed by atoms with van der Waals surface area (Å²) in [6.07, 6.45) is -5.25. The molecule has 0 fully saturated rings. The molecule has 8 heteroatoms. The normalized spacial score (nSPS) is 12.2. The van der Waals surface area contributed by atoms with Crippen molar-refractivity contribution in [2.45, 2.75) is 24.4 Å². The number of sulfone groups is 1. The van der Waals surface area contributed by atoms with Crippen LogP contribution in [0.3, 0.4) is 0 Å². The highest BCUT2D eigenvalue weighted by Gasteiger charge is 2.36. The van der Waals surface area contributed by atoms with Gasteiger partial charge in [-0.05, 0) is 19.1 Å². The summed E-state index contributed by atoms with van der Waals surface area (Å²) in [5.41, 5.74) is -1.23. The molecule has 1 aromatic carbocycles. The van der Waals surface area contributed by atoms with E-state index >= 15 is 0 Å². The average molecular weight is 310 g/mol. The summed E-state index contributed by atoms with van der Waals surface area (Å²) in [4.78, 5) is 10.3. The van der Waals surface area contributed by atoms with Crippen molar-refractivity contribution in [3.63, 3.8) is 0 Å². The Morgan fingerprint density at radius 2 is 1.85 bits per heavy atom. The minimum atomic E-state index is -4.77. The molecule has 20 heavy (non-hydrogen) atoms. The quantitative estimate of drug-likeness (QED) is 0.784. The predicted molar refractivity (Wildman–Crippen MR) is 64.7 cm³/mol. The number of carbonyl (C=O) groups is 1. The number of hydrogen-bond acceptors (Lipinski definition) is 4. The van der Waals surface area contributed by atoms with Crippen molar-refractivity contribution in [3.8, 4) is 0 Å². The van der Waals surface area contributed by atoms with E-state index in [9.17, 15) is 26.4 Å². The van der Waals surface area contributed by atoms with E-state index < -0.39 is 44.6 Å². The average Bonchev–Trinajstić information content (AvgIpc) is 2.36. The Morgan fingerprint density at radius 3 is 2.40 bits per heavy atom. The van der Waals surface area contributed by atoms with Crippen molar-refractivity contribution in [2.75, 3.05) is 12.4 Å². The van der Waals surface area contributed by atoms with Crippen LogP contribution in [0.4, 0.5) is 13.2 Å². The monoisotopic (exact) mass is 310 g/mol. The van der Waals surface area contributed by atoms with Crippen LogP contribution in [-0.2, 0) is 25.5 Å². The molecule has 0 bridgehead atoms. The maximum atomic E-state index is 12.7. The van der Waals surface area contributed by atoms with Gasteiger partial charge in [0.1, 0.15) is 0 Å². The summed E-state index contributed by atoms with van der Waals surface area (Å²) < 4.78 is 66.6. The molecule has 0 radical (unpaired) electrons. The van der Waals surface area contributed by atoms with Gasteiger partial charge in [0.25, 0.3) is 0 Å². The molecule has 0 N–H and O–H groups in total. The Labute approximate surface area is 114 Å². The first-order valence-electron chi connectivity index (χ1n) is 5.73. The third-order valence-corrected chi connectivity index (χ3v) is 4.18. The molecule has 0 amide bonds. The van der Waals surface area contributed by atoms with Crippen molar-refractivity contribution in [1.82, 2.24) is 0 Å². The second-order valence-electron chi connectivity index (χ2n) is 3.87. The first-order chi connectivity index (χ1) is 9.18. The molecule has 0 aliphatic carbocycles. The fourth-order valence-electron chi connectivity index (χ4n) is 1.53. The SMILES string of the molecule is CCOC(=O)CCS(=O)(=O)c1ccccc1C(F)(F)F. The highest BCUT2D eigenvalue weighted by molar-refractivity contribution is 7.91. The van der Waals surface area contributed by atoms with E-state index in [1.54, 1.807) is 6.92 Å². The maximum absolute atomic E-state index is 12.7. The molecule has 0 aromatic heterocycles. The lowest BCUT2D eigenvalue weighted by Gasteiger charge is -2.12. The van der Waals surface area contributed by atoms with Gasteiger partial charge in [0.2, 0.25) is 0 Å². The molecule has 0 aliphatic rings. The van der Waals surface area contributed by atoms with Crippen LogP contribution in [0, 0.1) is 0 Å². The van der Waals surface area contributed by atoms with Gasteiger partial charge in [-0.1, -0.05) is 12.1 Å². The highest BCUT2D eigenvalue weighted by atomic mass is 32.2. The van der Waals surface area contributed by atoms with Gasteiger partial charge in [-0.25, -0.2) is 8.42 Å². The van der Waals surface area contributed by atoms with E-state index in [1.807, 2.05) is 0 Å². The summed E-state index contributed by atoms with van der Waals surface area (Å²) in [5.74, 6) is -1.49. The van der Waals surface area contributed by atoms with Crippen LogP contribution >= 0.6 is 0 Å². The fourth-order valence-corrected chi connectivity index (χ4v) is 2.99. The molecule has 0 saturated heterocycles. The van der Waals surface area contributed by atoms with Crippen molar-refractivity contribution >= 4 is 15.8 Å². The first-order valence-corrected chi connectivity index (χ1v) is 7.38. The Kier molecular flexibility index (Phi) is 5.15. The van der Waals surface area contributed by atoms with Gasteiger partial charge in [0.05, 0.1) is 29.2 Å². The molecule has 1 aromatic rings. The molecule has 0 atom stereocenters. The Bertz CT molecular complexity index is 579. The summed E-state index contributed by atoms with van der Waals surface area (Å²) >= 11 is 0. The minimum absolute atomic E-state index is 0.0814. The number of esters is 1. The summed E-state index contributed by atoms with van der Waals surface area (Å²) in [7, 11) is -4.21. The van der Waals surface area contributed by atoms with Gasteiger partial charge in [-0.15, -0.1) is 0 Å². The van der Waals surface area contributed by atoms with Gasteiger partial charge in [-0.3, -0.25) is 4.79 Å². The Balaban J connectivity index is 3.02. The van der Waals surface area contributed by atoms with Crippen molar-refractivity contribution in [1.29, 1.82) is 0 Å². The van der Waals surface area contributed by atoms with Crippen LogP contribution in [0.5, 0.6) is 0 Å². The Morgan fingerprint density at radius 1 is 1.25 bits per heavy atom. The number of benzene rings is 1. The van der Waals surface area contributed by atoms with Gasteiger partial charge in [-0.2, -0.15) is 13.2 Å². The zero-order chi connectivity index (χ0) is 15.4. The van der Waals surface area contributed by atoms with E-state index in [0.717, 1.165) is 12.1 Å². The summed E-state index contributed by atoms with van der Waals surface area (Å²) in [6.45, 7) is 1.63. The van der Waals surface area contributed by atoms with Crippen LogP contribution < -0.4 is 0 Å². The molecule has 1 rings (SSSR count).